The summed E-state index contributed by atoms with van der Waals surface area (Å²) in [4.78, 5) is 0. The Hall–Kier alpha value is -1.23. The average Bonchev–Trinajstić information content (AvgIpc) is 2.70. The third-order valence-corrected chi connectivity index (χ3v) is 2.80. The Morgan fingerprint density at radius 2 is 2.12 bits per heavy atom. The van der Waals surface area contributed by atoms with E-state index in [1.165, 1.54) is 5.56 Å². The predicted molar refractivity (Wildman–Crippen MR) is 61.0 cm³/mol. The van der Waals surface area contributed by atoms with Gasteiger partial charge in [-0.2, -0.15) is 13.2 Å². The summed E-state index contributed by atoms with van der Waals surface area (Å²) < 4.78 is 35.7. The maximum Gasteiger partial charge on any atom is 0.390 e. The van der Waals surface area contributed by atoms with Crippen molar-refractivity contribution < 1.29 is 13.2 Å². The lowest BCUT2D eigenvalue weighted by Gasteiger charge is -2.09. The molecule has 0 unspecified atom stereocenters. The molecule has 1 aliphatic rings. The first-order valence-corrected chi connectivity index (χ1v) is 5.68. The molecule has 1 aliphatic heterocycles. The Balaban J connectivity index is 1.80. The maximum absolute atomic E-state index is 11.9. The van der Waals surface area contributed by atoms with Gasteiger partial charge in [-0.25, -0.2) is 0 Å². The van der Waals surface area contributed by atoms with Gasteiger partial charge >= 0.3 is 6.18 Å². The first-order chi connectivity index (χ1) is 8.04. The smallest absolute Gasteiger partial charge is 0.384 e. The molecule has 0 aliphatic carbocycles. The largest absolute Gasteiger partial charge is 0.390 e. The van der Waals surface area contributed by atoms with Crippen molar-refractivity contribution in [3.63, 3.8) is 0 Å². The number of hydrogen-bond donors (Lipinski definition) is 2. The predicted octanol–water partition coefficient (Wildman–Crippen LogP) is 2.70. The van der Waals surface area contributed by atoms with Gasteiger partial charge in [-0.1, -0.05) is 12.1 Å². The summed E-state index contributed by atoms with van der Waals surface area (Å²) in [5.41, 5.74) is 3.41. The van der Waals surface area contributed by atoms with E-state index in [0.29, 0.717) is 6.54 Å². The first-order valence-electron chi connectivity index (χ1n) is 5.68. The van der Waals surface area contributed by atoms with Crippen LogP contribution < -0.4 is 10.6 Å². The number of benzene rings is 1. The van der Waals surface area contributed by atoms with Gasteiger partial charge in [0, 0.05) is 25.3 Å². The van der Waals surface area contributed by atoms with Crippen LogP contribution in [0.25, 0.3) is 0 Å². The lowest BCUT2D eigenvalue weighted by Crippen LogP contribution is -2.21. The molecular formula is C12H15F3N2. The second-order valence-corrected chi connectivity index (χ2v) is 4.21. The molecule has 1 aromatic carbocycles. The van der Waals surface area contributed by atoms with Gasteiger partial charge in [-0.3, -0.25) is 0 Å². The lowest BCUT2D eigenvalue weighted by atomic mass is 10.1. The van der Waals surface area contributed by atoms with Crippen molar-refractivity contribution in [1.29, 1.82) is 0 Å². The van der Waals surface area contributed by atoms with Crippen molar-refractivity contribution in [3.8, 4) is 0 Å². The zero-order valence-electron chi connectivity index (χ0n) is 9.40. The van der Waals surface area contributed by atoms with Crippen molar-refractivity contribution in [2.75, 3.05) is 18.4 Å². The second-order valence-electron chi connectivity index (χ2n) is 4.21. The number of nitrogens with one attached hydrogen (secondary N) is 2. The third-order valence-electron chi connectivity index (χ3n) is 2.80. The fourth-order valence-electron chi connectivity index (χ4n) is 1.91. The lowest BCUT2D eigenvalue weighted by molar-refractivity contribution is -0.133. The van der Waals surface area contributed by atoms with Crippen LogP contribution >= 0.6 is 0 Å². The third kappa shape index (κ3) is 3.63. The van der Waals surface area contributed by atoms with Crippen LogP contribution in [0, 0.1) is 0 Å². The minimum atomic E-state index is -4.08. The van der Waals surface area contributed by atoms with Gasteiger partial charge in [0.2, 0.25) is 0 Å². The Labute approximate surface area is 98.2 Å². The zero-order chi connectivity index (χ0) is 12.3. The molecule has 0 bridgehead atoms. The van der Waals surface area contributed by atoms with E-state index in [1.54, 1.807) is 0 Å². The molecule has 2 nitrogen and oxygen atoms in total. The summed E-state index contributed by atoms with van der Waals surface area (Å²) in [6.07, 6.45) is -3.83. The molecule has 0 amide bonds. The summed E-state index contributed by atoms with van der Waals surface area (Å²) >= 11 is 0. The molecule has 94 valence electrons. The van der Waals surface area contributed by atoms with Crippen LogP contribution in [0.4, 0.5) is 18.9 Å². The van der Waals surface area contributed by atoms with E-state index in [0.717, 1.165) is 24.2 Å². The first kappa shape index (κ1) is 12.2. The Bertz CT molecular complexity index is 388. The van der Waals surface area contributed by atoms with Crippen LogP contribution in [-0.4, -0.2) is 19.3 Å². The van der Waals surface area contributed by atoms with Gasteiger partial charge in [0.1, 0.15) is 0 Å². The molecular weight excluding hydrogens is 229 g/mol. The summed E-state index contributed by atoms with van der Waals surface area (Å²) in [6.45, 7) is 1.39. The van der Waals surface area contributed by atoms with Crippen LogP contribution in [0.1, 0.15) is 17.5 Å². The van der Waals surface area contributed by atoms with Crippen molar-refractivity contribution in [2.45, 2.75) is 25.6 Å². The van der Waals surface area contributed by atoms with Gasteiger partial charge in [-0.05, 0) is 23.6 Å². The zero-order valence-corrected chi connectivity index (χ0v) is 9.40. The molecule has 0 atom stereocenters. The van der Waals surface area contributed by atoms with Gasteiger partial charge in [0.15, 0.2) is 0 Å². The van der Waals surface area contributed by atoms with Gasteiger partial charge < -0.3 is 10.6 Å². The number of anilines is 1. The second kappa shape index (κ2) is 4.96. The van der Waals surface area contributed by atoms with E-state index >= 15 is 0 Å². The number of fused-ring (bicyclic) bond motifs is 1. The summed E-state index contributed by atoms with van der Waals surface area (Å²) in [7, 11) is 0. The van der Waals surface area contributed by atoms with Crippen molar-refractivity contribution >= 4 is 5.69 Å². The van der Waals surface area contributed by atoms with Crippen molar-refractivity contribution in [3.05, 3.63) is 29.3 Å². The normalized spacial score (nSPS) is 14.5. The Morgan fingerprint density at radius 3 is 2.88 bits per heavy atom. The van der Waals surface area contributed by atoms with E-state index in [2.05, 4.69) is 10.6 Å². The number of hydrogen-bond acceptors (Lipinski definition) is 2. The van der Waals surface area contributed by atoms with E-state index in [4.69, 9.17) is 0 Å². The molecule has 0 spiro atoms. The molecule has 0 saturated heterocycles. The summed E-state index contributed by atoms with van der Waals surface area (Å²) in [5, 5.41) is 6.05. The topological polar surface area (TPSA) is 24.1 Å². The monoisotopic (exact) mass is 244 g/mol. The molecule has 1 heterocycles. The van der Waals surface area contributed by atoms with Crippen LogP contribution in [0.2, 0.25) is 0 Å². The highest BCUT2D eigenvalue weighted by molar-refractivity contribution is 5.56. The number of alkyl halides is 3. The van der Waals surface area contributed by atoms with Gasteiger partial charge in [-0.15, -0.1) is 0 Å². The van der Waals surface area contributed by atoms with Crippen molar-refractivity contribution in [1.82, 2.24) is 5.32 Å². The molecule has 0 fully saturated rings. The van der Waals surface area contributed by atoms with Crippen LogP contribution in [0.15, 0.2) is 18.2 Å². The maximum atomic E-state index is 11.9. The Morgan fingerprint density at radius 1 is 1.29 bits per heavy atom. The van der Waals surface area contributed by atoms with Crippen LogP contribution in [-0.2, 0) is 13.0 Å². The number of rotatable bonds is 4. The van der Waals surface area contributed by atoms with Gasteiger partial charge in [0.05, 0.1) is 6.42 Å². The summed E-state index contributed by atoms with van der Waals surface area (Å²) in [5.74, 6) is 0. The number of halogens is 3. The molecule has 0 radical (unpaired) electrons. The molecule has 2 rings (SSSR count). The van der Waals surface area contributed by atoms with E-state index < -0.39 is 12.6 Å². The van der Waals surface area contributed by atoms with Crippen molar-refractivity contribution in [2.24, 2.45) is 0 Å². The minimum absolute atomic E-state index is 0.0337. The highest BCUT2D eigenvalue weighted by Crippen LogP contribution is 2.23. The molecule has 0 saturated carbocycles. The minimum Gasteiger partial charge on any atom is -0.384 e. The average molecular weight is 244 g/mol. The SMILES string of the molecule is FC(F)(F)CCNCc1ccc2c(c1)NCC2. The Kier molecular flexibility index (Phi) is 3.57. The van der Waals surface area contributed by atoms with Gasteiger partial charge in [0.25, 0.3) is 0 Å². The molecule has 2 N–H and O–H groups in total. The highest BCUT2D eigenvalue weighted by Gasteiger charge is 2.25. The highest BCUT2D eigenvalue weighted by atomic mass is 19.4. The standard InChI is InChI=1S/C12H15F3N2/c13-12(14,15)4-6-16-8-9-1-2-10-3-5-17-11(10)7-9/h1-2,7,16-17H,3-6,8H2. The quantitative estimate of drug-likeness (QED) is 0.796. The van der Waals surface area contributed by atoms with E-state index in [1.807, 2.05) is 18.2 Å². The molecule has 5 heteroatoms. The molecule has 0 aromatic heterocycles. The fourth-order valence-corrected chi connectivity index (χ4v) is 1.91. The van der Waals surface area contributed by atoms with E-state index in [9.17, 15) is 13.2 Å². The summed E-state index contributed by atoms with van der Waals surface area (Å²) in [6, 6.07) is 6.01. The van der Waals surface area contributed by atoms with Crippen LogP contribution in [0.5, 0.6) is 0 Å². The van der Waals surface area contributed by atoms with E-state index in [-0.39, 0.29) is 6.54 Å². The molecule has 1 aromatic rings. The molecule has 17 heavy (non-hydrogen) atoms. The van der Waals surface area contributed by atoms with Crippen LogP contribution in [0.3, 0.4) is 0 Å². The fraction of sp³-hybridized carbons (Fsp3) is 0.500.